The van der Waals surface area contributed by atoms with Crippen molar-refractivity contribution in [3.05, 3.63) is 29.3 Å². The molecule has 1 unspecified atom stereocenters. The molecular formula is C13H15F2NO5. The Hall–Kier alpha value is -2.22. The van der Waals surface area contributed by atoms with E-state index in [0.29, 0.717) is 0 Å². The van der Waals surface area contributed by atoms with Crippen LogP contribution >= 0.6 is 0 Å². The topological polar surface area (TPSA) is 84.9 Å². The van der Waals surface area contributed by atoms with Crippen LogP contribution in [0.4, 0.5) is 8.78 Å². The molecule has 0 aliphatic rings. The molecule has 2 N–H and O–H groups in total. The predicted octanol–water partition coefficient (Wildman–Crippen LogP) is 1.19. The standard InChI is InChI=1S/C13H15F2NO5/c1-20-6-5-9(13(18)19)16-12(17)10-7(14)3-4-8(15)11(10)21-2/h3-4,9H,5-6H2,1-2H3,(H,16,17)(H,18,19). The number of aliphatic carboxylic acids is 1. The molecule has 1 aromatic rings. The van der Waals surface area contributed by atoms with Crippen LogP contribution in [-0.2, 0) is 9.53 Å². The maximum atomic E-state index is 13.7. The van der Waals surface area contributed by atoms with Gasteiger partial charge in [0.2, 0.25) is 0 Å². The number of carboxylic acids is 1. The number of amides is 1. The van der Waals surface area contributed by atoms with Gasteiger partial charge in [-0.1, -0.05) is 0 Å². The lowest BCUT2D eigenvalue weighted by Gasteiger charge is -2.16. The average Bonchev–Trinajstić information content (AvgIpc) is 2.44. The number of nitrogens with one attached hydrogen (secondary N) is 1. The quantitative estimate of drug-likeness (QED) is 0.790. The maximum absolute atomic E-state index is 13.7. The van der Waals surface area contributed by atoms with E-state index in [-0.39, 0.29) is 13.0 Å². The molecule has 21 heavy (non-hydrogen) atoms. The third-order valence-corrected chi connectivity index (χ3v) is 2.70. The highest BCUT2D eigenvalue weighted by Crippen LogP contribution is 2.25. The zero-order valence-electron chi connectivity index (χ0n) is 11.5. The Kier molecular flexibility index (Phi) is 6.04. The van der Waals surface area contributed by atoms with E-state index < -0.39 is 40.9 Å². The van der Waals surface area contributed by atoms with Gasteiger partial charge in [0.15, 0.2) is 11.6 Å². The van der Waals surface area contributed by atoms with Gasteiger partial charge >= 0.3 is 5.97 Å². The van der Waals surface area contributed by atoms with Gasteiger partial charge in [-0.25, -0.2) is 13.6 Å². The average molecular weight is 303 g/mol. The SMILES string of the molecule is COCCC(NC(=O)c1c(F)ccc(F)c1OC)C(=O)O. The Morgan fingerprint density at radius 1 is 1.29 bits per heavy atom. The summed E-state index contributed by atoms with van der Waals surface area (Å²) in [5, 5.41) is 11.1. The molecule has 0 saturated carbocycles. The number of halogens is 2. The summed E-state index contributed by atoms with van der Waals surface area (Å²) in [4.78, 5) is 23.0. The molecule has 1 aromatic carbocycles. The Morgan fingerprint density at radius 2 is 1.90 bits per heavy atom. The number of methoxy groups -OCH3 is 2. The van der Waals surface area contributed by atoms with Gasteiger partial charge in [-0.2, -0.15) is 0 Å². The first kappa shape index (κ1) is 16.8. The summed E-state index contributed by atoms with van der Waals surface area (Å²) in [5.74, 6) is -4.90. The molecule has 0 radical (unpaired) electrons. The van der Waals surface area contributed by atoms with Gasteiger partial charge in [0, 0.05) is 20.1 Å². The maximum Gasteiger partial charge on any atom is 0.326 e. The van der Waals surface area contributed by atoms with Crippen molar-refractivity contribution in [2.75, 3.05) is 20.8 Å². The monoisotopic (exact) mass is 303 g/mol. The second-order valence-electron chi connectivity index (χ2n) is 4.08. The summed E-state index contributed by atoms with van der Waals surface area (Å²) in [6.07, 6.45) is -0.0170. The summed E-state index contributed by atoms with van der Waals surface area (Å²) < 4.78 is 36.6. The van der Waals surface area contributed by atoms with Crippen LogP contribution in [0.25, 0.3) is 0 Å². The number of rotatable bonds is 7. The van der Waals surface area contributed by atoms with Crippen molar-refractivity contribution in [3.8, 4) is 5.75 Å². The first-order chi connectivity index (χ1) is 9.92. The highest BCUT2D eigenvalue weighted by Gasteiger charge is 2.26. The largest absolute Gasteiger partial charge is 0.493 e. The molecule has 0 aliphatic heterocycles. The summed E-state index contributed by atoms with van der Waals surface area (Å²) in [7, 11) is 2.45. The van der Waals surface area contributed by atoms with Crippen LogP contribution in [0.3, 0.4) is 0 Å². The van der Waals surface area contributed by atoms with E-state index in [1.54, 1.807) is 0 Å². The number of hydrogen-bond acceptors (Lipinski definition) is 4. The molecule has 0 aliphatic carbocycles. The van der Waals surface area contributed by atoms with Crippen molar-refractivity contribution in [1.29, 1.82) is 0 Å². The lowest BCUT2D eigenvalue weighted by Crippen LogP contribution is -2.42. The third-order valence-electron chi connectivity index (χ3n) is 2.70. The van der Waals surface area contributed by atoms with Gasteiger partial charge in [-0.05, 0) is 12.1 Å². The third kappa shape index (κ3) is 4.12. The van der Waals surface area contributed by atoms with Crippen molar-refractivity contribution < 1.29 is 33.0 Å². The van der Waals surface area contributed by atoms with Crippen LogP contribution < -0.4 is 10.1 Å². The molecule has 116 valence electrons. The minimum atomic E-state index is -1.31. The molecule has 0 saturated heterocycles. The number of carbonyl (C=O) groups is 2. The minimum absolute atomic E-state index is 0.0170. The second kappa shape index (κ2) is 7.53. The van der Waals surface area contributed by atoms with Crippen LogP contribution in [-0.4, -0.2) is 43.9 Å². The number of hydrogen-bond donors (Lipinski definition) is 2. The number of carbonyl (C=O) groups excluding carboxylic acids is 1. The van der Waals surface area contributed by atoms with Crippen molar-refractivity contribution in [2.24, 2.45) is 0 Å². The number of ether oxygens (including phenoxy) is 2. The fourth-order valence-electron chi connectivity index (χ4n) is 1.67. The summed E-state index contributed by atoms with van der Waals surface area (Å²) >= 11 is 0. The molecule has 8 heteroatoms. The van der Waals surface area contributed by atoms with Gasteiger partial charge in [0.25, 0.3) is 5.91 Å². The summed E-state index contributed by atoms with van der Waals surface area (Å²) in [6, 6.07) is 0.284. The van der Waals surface area contributed by atoms with Crippen molar-refractivity contribution in [1.82, 2.24) is 5.32 Å². The number of carboxylic acid groups (broad SMARTS) is 1. The summed E-state index contributed by atoms with van der Waals surface area (Å²) in [5.41, 5.74) is -0.679. The van der Waals surface area contributed by atoms with Crippen molar-refractivity contribution in [3.63, 3.8) is 0 Å². The lowest BCUT2D eigenvalue weighted by molar-refractivity contribution is -0.139. The fraction of sp³-hybridized carbons (Fsp3) is 0.385. The zero-order valence-corrected chi connectivity index (χ0v) is 11.5. The first-order valence-corrected chi connectivity index (χ1v) is 5.97. The molecule has 0 heterocycles. The molecular weight excluding hydrogens is 288 g/mol. The smallest absolute Gasteiger partial charge is 0.326 e. The van der Waals surface area contributed by atoms with Crippen LogP contribution in [0, 0.1) is 11.6 Å². The normalized spacial score (nSPS) is 11.8. The van der Waals surface area contributed by atoms with Gasteiger partial charge in [0.1, 0.15) is 17.4 Å². The molecule has 1 atom stereocenters. The molecule has 1 rings (SSSR count). The molecule has 6 nitrogen and oxygen atoms in total. The Bertz CT molecular complexity index is 536. The predicted molar refractivity (Wildman–Crippen MR) is 68.3 cm³/mol. The molecule has 0 aromatic heterocycles. The van der Waals surface area contributed by atoms with Gasteiger partial charge in [0.05, 0.1) is 7.11 Å². The Balaban J connectivity index is 3.02. The first-order valence-electron chi connectivity index (χ1n) is 5.97. The van der Waals surface area contributed by atoms with Crippen LogP contribution in [0.1, 0.15) is 16.8 Å². The second-order valence-corrected chi connectivity index (χ2v) is 4.08. The van der Waals surface area contributed by atoms with Crippen LogP contribution in [0.2, 0.25) is 0 Å². The highest BCUT2D eigenvalue weighted by atomic mass is 19.1. The van der Waals surface area contributed by atoms with E-state index >= 15 is 0 Å². The Morgan fingerprint density at radius 3 is 2.43 bits per heavy atom. The van der Waals surface area contributed by atoms with Crippen molar-refractivity contribution in [2.45, 2.75) is 12.5 Å². The van der Waals surface area contributed by atoms with E-state index in [2.05, 4.69) is 10.1 Å². The van der Waals surface area contributed by atoms with Crippen LogP contribution in [0.5, 0.6) is 5.75 Å². The summed E-state index contributed by atoms with van der Waals surface area (Å²) in [6.45, 7) is 0.0833. The van der Waals surface area contributed by atoms with Gasteiger partial charge in [-0.15, -0.1) is 0 Å². The van der Waals surface area contributed by atoms with Crippen LogP contribution in [0.15, 0.2) is 12.1 Å². The minimum Gasteiger partial charge on any atom is -0.493 e. The van der Waals surface area contributed by atoms with Gasteiger partial charge in [-0.3, -0.25) is 4.79 Å². The molecule has 1 amide bonds. The molecule has 0 bridgehead atoms. The van der Waals surface area contributed by atoms with E-state index in [1.165, 1.54) is 7.11 Å². The van der Waals surface area contributed by atoms with E-state index in [1.807, 2.05) is 0 Å². The number of benzene rings is 1. The molecule has 0 spiro atoms. The lowest BCUT2D eigenvalue weighted by atomic mass is 10.1. The van der Waals surface area contributed by atoms with E-state index in [9.17, 15) is 18.4 Å². The fourth-order valence-corrected chi connectivity index (χ4v) is 1.67. The van der Waals surface area contributed by atoms with E-state index in [4.69, 9.17) is 9.84 Å². The van der Waals surface area contributed by atoms with E-state index in [0.717, 1.165) is 19.2 Å². The Labute approximate surface area is 119 Å². The zero-order chi connectivity index (χ0) is 16.0. The highest BCUT2D eigenvalue weighted by molar-refractivity contribution is 5.99. The molecule has 0 fully saturated rings. The van der Waals surface area contributed by atoms with Crippen molar-refractivity contribution >= 4 is 11.9 Å². The van der Waals surface area contributed by atoms with Gasteiger partial charge < -0.3 is 19.9 Å².